The third kappa shape index (κ3) is 3.53. The van der Waals surface area contributed by atoms with Crippen molar-refractivity contribution in [1.82, 2.24) is 4.90 Å². The van der Waals surface area contributed by atoms with Crippen molar-refractivity contribution in [2.45, 2.75) is 20.8 Å². The summed E-state index contributed by atoms with van der Waals surface area (Å²) in [6.07, 6.45) is 0. The zero-order valence-electron chi connectivity index (χ0n) is 11.2. The molecule has 0 spiro atoms. The molecule has 3 nitrogen and oxygen atoms in total. The van der Waals surface area contributed by atoms with Gasteiger partial charge in [-0.15, -0.1) is 0 Å². The Morgan fingerprint density at radius 1 is 1.39 bits per heavy atom. The summed E-state index contributed by atoms with van der Waals surface area (Å²) in [6.45, 7) is 7.54. The minimum atomic E-state index is -0.433. The van der Waals surface area contributed by atoms with Crippen molar-refractivity contribution in [3.8, 4) is 0 Å². The number of ether oxygens (including phenoxy) is 1. The highest BCUT2D eigenvalue weighted by atomic mass is 19.1. The Labute approximate surface area is 108 Å². The predicted molar refractivity (Wildman–Crippen MR) is 69.2 cm³/mol. The maximum absolute atomic E-state index is 13.9. The highest BCUT2D eigenvalue weighted by Crippen LogP contribution is 2.14. The fourth-order valence-electron chi connectivity index (χ4n) is 1.71. The molecule has 1 aromatic rings. The van der Waals surface area contributed by atoms with E-state index in [2.05, 4.69) is 0 Å². The van der Waals surface area contributed by atoms with Gasteiger partial charge in [-0.05, 0) is 32.4 Å². The molecule has 1 rings (SSSR count). The Kier molecular flexibility index (Phi) is 5.78. The zero-order valence-corrected chi connectivity index (χ0v) is 11.2. The van der Waals surface area contributed by atoms with Crippen LogP contribution in [-0.2, 0) is 4.74 Å². The number of carbonyl (C=O) groups excluding carboxylic acids is 1. The van der Waals surface area contributed by atoms with Crippen molar-refractivity contribution in [2.75, 3.05) is 26.3 Å². The van der Waals surface area contributed by atoms with Crippen LogP contribution < -0.4 is 0 Å². The highest BCUT2D eigenvalue weighted by molar-refractivity contribution is 5.94. The van der Waals surface area contributed by atoms with E-state index < -0.39 is 5.82 Å². The average Bonchev–Trinajstić information content (AvgIpc) is 2.37. The number of likely N-dealkylation sites (N-methyl/N-ethyl adjacent to an activating group) is 1. The fourth-order valence-corrected chi connectivity index (χ4v) is 1.71. The van der Waals surface area contributed by atoms with Crippen LogP contribution in [0.3, 0.4) is 0 Å². The first kappa shape index (κ1) is 14.6. The van der Waals surface area contributed by atoms with E-state index in [4.69, 9.17) is 4.74 Å². The number of hydrogen-bond acceptors (Lipinski definition) is 2. The van der Waals surface area contributed by atoms with E-state index in [9.17, 15) is 9.18 Å². The van der Waals surface area contributed by atoms with Crippen molar-refractivity contribution in [2.24, 2.45) is 0 Å². The number of hydrogen-bond donors (Lipinski definition) is 0. The van der Waals surface area contributed by atoms with Crippen LogP contribution in [-0.4, -0.2) is 37.1 Å². The summed E-state index contributed by atoms with van der Waals surface area (Å²) in [6, 6.07) is 4.87. The van der Waals surface area contributed by atoms with E-state index >= 15 is 0 Å². The van der Waals surface area contributed by atoms with Crippen molar-refractivity contribution >= 4 is 5.91 Å². The number of halogens is 1. The molecule has 0 saturated carbocycles. The van der Waals surface area contributed by atoms with Crippen LogP contribution in [0.25, 0.3) is 0 Å². The Bertz CT molecular complexity index is 407. The largest absolute Gasteiger partial charge is 0.380 e. The SMILES string of the molecule is CCOCCN(CC)C(=O)c1cccc(C)c1F. The van der Waals surface area contributed by atoms with Gasteiger partial charge < -0.3 is 9.64 Å². The van der Waals surface area contributed by atoms with Gasteiger partial charge >= 0.3 is 0 Å². The molecule has 0 aliphatic carbocycles. The summed E-state index contributed by atoms with van der Waals surface area (Å²) in [5.41, 5.74) is 0.620. The molecule has 1 amide bonds. The maximum Gasteiger partial charge on any atom is 0.256 e. The van der Waals surface area contributed by atoms with E-state index in [0.717, 1.165) is 0 Å². The van der Waals surface area contributed by atoms with Crippen LogP contribution in [0.1, 0.15) is 29.8 Å². The van der Waals surface area contributed by atoms with Gasteiger partial charge in [-0.1, -0.05) is 12.1 Å². The normalized spacial score (nSPS) is 10.4. The number of aryl methyl sites for hydroxylation is 1. The van der Waals surface area contributed by atoms with E-state index in [-0.39, 0.29) is 11.5 Å². The lowest BCUT2D eigenvalue weighted by Crippen LogP contribution is -2.34. The number of rotatable bonds is 6. The molecule has 0 saturated heterocycles. The van der Waals surface area contributed by atoms with Gasteiger partial charge in [-0.2, -0.15) is 0 Å². The van der Waals surface area contributed by atoms with Crippen LogP contribution in [0.4, 0.5) is 4.39 Å². The lowest BCUT2D eigenvalue weighted by Gasteiger charge is -2.21. The Morgan fingerprint density at radius 2 is 2.11 bits per heavy atom. The molecule has 100 valence electrons. The molecule has 1 aromatic carbocycles. The minimum Gasteiger partial charge on any atom is -0.380 e. The molecular formula is C14H20FNO2. The summed E-state index contributed by atoms with van der Waals surface area (Å²) >= 11 is 0. The molecule has 0 bridgehead atoms. The van der Waals surface area contributed by atoms with Crippen LogP contribution in [0.2, 0.25) is 0 Å². The average molecular weight is 253 g/mol. The molecular weight excluding hydrogens is 233 g/mol. The van der Waals surface area contributed by atoms with Gasteiger partial charge in [0.1, 0.15) is 5.82 Å². The van der Waals surface area contributed by atoms with Crippen molar-refractivity contribution in [3.63, 3.8) is 0 Å². The summed E-state index contributed by atoms with van der Waals surface area (Å²) in [5.74, 6) is -0.712. The third-order valence-corrected chi connectivity index (χ3v) is 2.80. The second kappa shape index (κ2) is 7.11. The predicted octanol–water partition coefficient (Wildman–Crippen LogP) is 2.63. The number of nitrogens with zero attached hydrogens (tertiary/aromatic N) is 1. The number of amides is 1. The van der Waals surface area contributed by atoms with Gasteiger partial charge in [0, 0.05) is 19.7 Å². The van der Waals surface area contributed by atoms with Crippen molar-refractivity contribution < 1.29 is 13.9 Å². The van der Waals surface area contributed by atoms with E-state index in [1.54, 1.807) is 24.0 Å². The molecule has 0 unspecified atom stereocenters. The van der Waals surface area contributed by atoms with Crippen LogP contribution in [0.15, 0.2) is 18.2 Å². The number of carbonyl (C=O) groups is 1. The standard InChI is InChI=1S/C14H20FNO2/c1-4-16(9-10-18-5-2)14(17)12-8-6-7-11(3)13(12)15/h6-8H,4-5,9-10H2,1-3H3. The molecule has 0 aliphatic rings. The van der Waals surface area contributed by atoms with Gasteiger partial charge in [0.15, 0.2) is 0 Å². The minimum absolute atomic E-state index is 0.133. The van der Waals surface area contributed by atoms with Crippen molar-refractivity contribution in [3.05, 3.63) is 35.1 Å². The van der Waals surface area contributed by atoms with E-state index in [1.165, 1.54) is 6.07 Å². The summed E-state index contributed by atoms with van der Waals surface area (Å²) in [4.78, 5) is 13.8. The Balaban J connectivity index is 2.80. The quantitative estimate of drug-likeness (QED) is 0.729. The first-order chi connectivity index (χ1) is 8.61. The fraction of sp³-hybridized carbons (Fsp3) is 0.500. The van der Waals surface area contributed by atoms with E-state index in [0.29, 0.717) is 31.9 Å². The van der Waals surface area contributed by atoms with Crippen molar-refractivity contribution in [1.29, 1.82) is 0 Å². The van der Waals surface area contributed by atoms with Gasteiger partial charge in [0.05, 0.1) is 12.2 Å². The van der Waals surface area contributed by atoms with Gasteiger partial charge in [-0.25, -0.2) is 4.39 Å². The third-order valence-electron chi connectivity index (χ3n) is 2.80. The molecule has 0 heterocycles. The smallest absolute Gasteiger partial charge is 0.256 e. The molecule has 0 N–H and O–H groups in total. The molecule has 4 heteroatoms. The second-order valence-corrected chi connectivity index (χ2v) is 4.02. The van der Waals surface area contributed by atoms with Gasteiger partial charge in [0.2, 0.25) is 0 Å². The molecule has 0 aliphatic heterocycles. The monoisotopic (exact) mass is 253 g/mol. The first-order valence-corrected chi connectivity index (χ1v) is 6.23. The van der Waals surface area contributed by atoms with Gasteiger partial charge in [-0.3, -0.25) is 4.79 Å². The van der Waals surface area contributed by atoms with Crippen LogP contribution >= 0.6 is 0 Å². The van der Waals surface area contributed by atoms with Crippen LogP contribution in [0, 0.1) is 12.7 Å². The molecule has 0 radical (unpaired) electrons. The molecule has 18 heavy (non-hydrogen) atoms. The summed E-state index contributed by atoms with van der Waals surface area (Å²) < 4.78 is 19.1. The summed E-state index contributed by atoms with van der Waals surface area (Å²) in [5, 5.41) is 0. The molecule has 0 fully saturated rings. The lowest BCUT2D eigenvalue weighted by atomic mass is 10.1. The molecule has 0 aromatic heterocycles. The first-order valence-electron chi connectivity index (χ1n) is 6.23. The topological polar surface area (TPSA) is 29.5 Å². The lowest BCUT2D eigenvalue weighted by molar-refractivity contribution is 0.0664. The Morgan fingerprint density at radius 3 is 2.72 bits per heavy atom. The Hall–Kier alpha value is -1.42. The summed E-state index contributed by atoms with van der Waals surface area (Å²) in [7, 11) is 0. The maximum atomic E-state index is 13.9. The number of benzene rings is 1. The zero-order chi connectivity index (χ0) is 13.5. The van der Waals surface area contributed by atoms with E-state index in [1.807, 2.05) is 13.8 Å². The van der Waals surface area contributed by atoms with Crippen LogP contribution in [0.5, 0.6) is 0 Å². The second-order valence-electron chi connectivity index (χ2n) is 4.02. The van der Waals surface area contributed by atoms with Gasteiger partial charge in [0.25, 0.3) is 5.91 Å². The molecule has 0 atom stereocenters. The highest BCUT2D eigenvalue weighted by Gasteiger charge is 2.18.